The summed E-state index contributed by atoms with van der Waals surface area (Å²) in [4.78, 5) is 39.0. The molecule has 36 heavy (non-hydrogen) atoms. The van der Waals surface area contributed by atoms with E-state index >= 15 is 0 Å². The van der Waals surface area contributed by atoms with E-state index in [4.69, 9.17) is 10.5 Å². The first-order valence-corrected chi connectivity index (χ1v) is 10.8. The van der Waals surface area contributed by atoms with Crippen molar-refractivity contribution < 1.29 is 32.4 Å². The van der Waals surface area contributed by atoms with Crippen molar-refractivity contribution in [3.63, 3.8) is 0 Å². The average molecular weight is 520 g/mol. The molecule has 0 radical (unpaired) electrons. The second-order valence-electron chi connectivity index (χ2n) is 7.35. The van der Waals surface area contributed by atoms with Gasteiger partial charge < -0.3 is 15.8 Å². The van der Waals surface area contributed by atoms with Gasteiger partial charge in [-0.2, -0.15) is 5.10 Å². The van der Waals surface area contributed by atoms with Crippen molar-refractivity contribution in [3.8, 4) is 5.75 Å². The molecule has 4 aromatic rings. The van der Waals surface area contributed by atoms with Crippen molar-refractivity contribution in [1.29, 1.82) is 0 Å². The van der Waals surface area contributed by atoms with Crippen LogP contribution >= 0.6 is 11.3 Å². The fraction of sp³-hybridized carbons (Fsp3) is 0.143. The van der Waals surface area contributed by atoms with Gasteiger partial charge in [0.05, 0.1) is 10.6 Å². The molecule has 1 aromatic carbocycles. The molecular formula is C21H15F3N6O5S. The molecule has 0 atom stereocenters. The third-order valence-corrected chi connectivity index (χ3v) is 6.01. The number of anilines is 1. The minimum atomic E-state index is -2.83. The van der Waals surface area contributed by atoms with Crippen LogP contribution in [0.5, 0.6) is 5.75 Å². The van der Waals surface area contributed by atoms with Crippen LogP contribution in [0.25, 0.3) is 10.2 Å². The number of primary amides is 1. The predicted octanol–water partition coefficient (Wildman–Crippen LogP) is 4.17. The van der Waals surface area contributed by atoms with Crippen LogP contribution < -0.4 is 15.8 Å². The van der Waals surface area contributed by atoms with Crippen molar-refractivity contribution in [1.82, 2.24) is 14.8 Å². The first-order valence-electron chi connectivity index (χ1n) is 9.98. The van der Waals surface area contributed by atoms with Crippen LogP contribution in [-0.2, 0) is 6.73 Å². The number of carbonyl (C=O) groups excluding carboxylic acids is 2. The van der Waals surface area contributed by atoms with E-state index in [1.54, 1.807) is 0 Å². The molecule has 186 valence electrons. The van der Waals surface area contributed by atoms with E-state index in [2.05, 4.69) is 15.4 Å². The van der Waals surface area contributed by atoms with Gasteiger partial charge in [0.25, 0.3) is 18.2 Å². The number of nitrogens with one attached hydrogen (secondary N) is 1. The molecule has 0 spiro atoms. The molecule has 3 aromatic heterocycles. The first kappa shape index (κ1) is 24.6. The Kier molecular flexibility index (Phi) is 6.57. The Morgan fingerprint density at radius 2 is 2.06 bits per heavy atom. The number of benzene rings is 1. The van der Waals surface area contributed by atoms with Crippen LogP contribution in [0, 0.1) is 22.9 Å². The van der Waals surface area contributed by atoms with Crippen molar-refractivity contribution in [3.05, 3.63) is 74.3 Å². The summed E-state index contributed by atoms with van der Waals surface area (Å²) in [5.74, 6) is -2.72. The van der Waals surface area contributed by atoms with E-state index in [0.717, 1.165) is 40.3 Å². The van der Waals surface area contributed by atoms with Gasteiger partial charge in [-0.25, -0.2) is 22.8 Å². The second-order valence-corrected chi connectivity index (χ2v) is 8.35. The number of amides is 2. The summed E-state index contributed by atoms with van der Waals surface area (Å²) < 4.78 is 46.1. The van der Waals surface area contributed by atoms with Crippen LogP contribution in [0.2, 0.25) is 0 Å². The predicted molar refractivity (Wildman–Crippen MR) is 122 cm³/mol. The van der Waals surface area contributed by atoms with Gasteiger partial charge >= 0.3 is 5.69 Å². The molecule has 2 amide bonds. The van der Waals surface area contributed by atoms with Crippen LogP contribution in [0.1, 0.15) is 37.8 Å². The number of hydrogen-bond donors (Lipinski definition) is 2. The normalized spacial score (nSPS) is 11.1. The molecule has 4 rings (SSSR count). The zero-order valence-electron chi connectivity index (χ0n) is 18.2. The number of pyridine rings is 1. The smallest absolute Gasteiger partial charge is 0.311 e. The Labute approximate surface area is 203 Å². The maximum Gasteiger partial charge on any atom is 0.311 e. The van der Waals surface area contributed by atoms with Crippen LogP contribution in [-0.4, -0.2) is 31.5 Å². The van der Waals surface area contributed by atoms with Gasteiger partial charge in [0.1, 0.15) is 21.2 Å². The monoisotopic (exact) mass is 520 g/mol. The topological polar surface area (TPSA) is 155 Å². The zero-order valence-corrected chi connectivity index (χ0v) is 19.0. The number of nitro groups is 1. The number of fused-ring (bicyclic) bond motifs is 1. The number of aryl methyl sites for hydroxylation is 1. The maximum atomic E-state index is 13.5. The second kappa shape index (κ2) is 9.61. The van der Waals surface area contributed by atoms with E-state index in [9.17, 15) is 32.9 Å². The number of aromatic nitrogens is 3. The Morgan fingerprint density at radius 1 is 1.31 bits per heavy atom. The highest BCUT2D eigenvalue weighted by atomic mass is 32.1. The lowest BCUT2D eigenvalue weighted by Crippen LogP contribution is -2.18. The van der Waals surface area contributed by atoms with Gasteiger partial charge in [-0.3, -0.25) is 19.7 Å². The van der Waals surface area contributed by atoms with Gasteiger partial charge in [0, 0.05) is 23.7 Å². The van der Waals surface area contributed by atoms with Crippen LogP contribution in [0.15, 0.2) is 36.5 Å². The SMILES string of the molecule is Cc1cc(C(F)F)nc2sc(C(N)=O)c(NC(=O)c3ccn(COc4cc(F)ccc4[N+](=O)[O-])n3)c12. The number of halogens is 3. The lowest BCUT2D eigenvalue weighted by Gasteiger charge is -2.08. The van der Waals surface area contributed by atoms with Crippen LogP contribution in [0.4, 0.5) is 24.5 Å². The average Bonchev–Trinajstić information content (AvgIpc) is 3.43. The number of ether oxygens (including phenoxy) is 1. The summed E-state index contributed by atoms with van der Waals surface area (Å²) in [5, 5.41) is 17.9. The van der Waals surface area contributed by atoms with Gasteiger partial charge in [-0.05, 0) is 30.7 Å². The van der Waals surface area contributed by atoms with Crippen molar-refractivity contribution in [2.75, 3.05) is 5.32 Å². The molecule has 0 aliphatic heterocycles. The van der Waals surface area contributed by atoms with Crippen molar-refractivity contribution in [2.45, 2.75) is 20.1 Å². The van der Waals surface area contributed by atoms with E-state index < -0.39 is 40.4 Å². The molecule has 0 aliphatic rings. The fourth-order valence-electron chi connectivity index (χ4n) is 3.33. The summed E-state index contributed by atoms with van der Waals surface area (Å²) in [7, 11) is 0. The number of alkyl halides is 2. The highest BCUT2D eigenvalue weighted by Gasteiger charge is 2.24. The zero-order chi connectivity index (χ0) is 26.1. The molecule has 3 N–H and O–H groups in total. The number of carbonyl (C=O) groups is 2. The van der Waals surface area contributed by atoms with E-state index in [1.807, 2.05) is 0 Å². The van der Waals surface area contributed by atoms with Gasteiger partial charge in [0.2, 0.25) is 5.75 Å². The third kappa shape index (κ3) is 4.81. The van der Waals surface area contributed by atoms with Crippen LogP contribution in [0.3, 0.4) is 0 Å². The minimum Gasteiger partial charge on any atom is -0.464 e. The third-order valence-electron chi connectivity index (χ3n) is 4.91. The molecule has 0 fully saturated rings. The maximum absolute atomic E-state index is 13.5. The highest BCUT2D eigenvalue weighted by Crippen LogP contribution is 2.38. The van der Waals surface area contributed by atoms with Gasteiger partial charge in [0.15, 0.2) is 12.4 Å². The summed E-state index contributed by atoms with van der Waals surface area (Å²) in [6.07, 6.45) is -1.49. The Morgan fingerprint density at radius 3 is 2.72 bits per heavy atom. The summed E-state index contributed by atoms with van der Waals surface area (Å²) in [5.41, 5.74) is 4.72. The number of nitrogens with two attached hydrogens (primary N) is 1. The molecular weight excluding hydrogens is 505 g/mol. The summed E-state index contributed by atoms with van der Waals surface area (Å²) >= 11 is 0.766. The molecule has 0 saturated heterocycles. The quantitative estimate of drug-likeness (QED) is 0.261. The summed E-state index contributed by atoms with van der Waals surface area (Å²) in [6.45, 7) is 1.14. The Bertz CT molecular complexity index is 1520. The number of rotatable bonds is 8. The number of nitrogens with zero attached hydrogens (tertiary/aromatic N) is 4. The minimum absolute atomic E-state index is 0.0134. The van der Waals surface area contributed by atoms with Crippen molar-refractivity contribution in [2.24, 2.45) is 5.73 Å². The van der Waals surface area contributed by atoms with E-state index in [-0.39, 0.29) is 39.0 Å². The number of thiophene rings is 1. The highest BCUT2D eigenvalue weighted by molar-refractivity contribution is 7.21. The Hall–Kier alpha value is -4.53. The lowest BCUT2D eigenvalue weighted by atomic mass is 10.1. The largest absolute Gasteiger partial charge is 0.464 e. The lowest BCUT2D eigenvalue weighted by molar-refractivity contribution is -0.386. The summed E-state index contributed by atoms with van der Waals surface area (Å²) in [6, 6.07) is 5.17. The molecule has 3 heterocycles. The van der Waals surface area contributed by atoms with E-state index in [1.165, 1.54) is 19.2 Å². The van der Waals surface area contributed by atoms with Gasteiger partial charge in [-0.1, -0.05) is 0 Å². The molecule has 11 nitrogen and oxygen atoms in total. The van der Waals surface area contributed by atoms with Crippen molar-refractivity contribution >= 4 is 44.7 Å². The molecule has 0 bridgehead atoms. The molecule has 0 aliphatic carbocycles. The standard InChI is InChI=1S/C21H15F3N6O5S/c1-9-6-12(18(23)24)26-21-15(9)16(17(36-21)19(25)31)27-20(32)11-4-5-29(28-11)8-35-14-7-10(22)2-3-13(14)30(33)34/h2-7,18H,8H2,1H3,(H2,25,31)(H,27,32). The molecule has 0 unspecified atom stereocenters. The Balaban J connectivity index is 1.57. The first-order chi connectivity index (χ1) is 17.0. The fourth-order valence-corrected chi connectivity index (χ4v) is 4.40. The molecule has 0 saturated carbocycles. The number of nitro benzene ring substituents is 1. The van der Waals surface area contributed by atoms with E-state index in [0.29, 0.717) is 5.56 Å². The number of hydrogen-bond acceptors (Lipinski definition) is 8. The van der Waals surface area contributed by atoms with Gasteiger partial charge in [-0.15, -0.1) is 11.3 Å². The molecule has 15 heteroatoms.